The quantitative estimate of drug-likeness (QED) is 0.537. The SMILES string of the molecule is CC(C)=CCc1c2c(c3occ(-c4ccc(O)cc4)c(=O)c3c1O)C[C@@H](C(C)(C)O)O2. The van der Waals surface area contributed by atoms with Crippen LogP contribution in [-0.4, -0.2) is 27.0 Å². The van der Waals surface area contributed by atoms with E-state index in [1.807, 2.05) is 19.9 Å². The van der Waals surface area contributed by atoms with Gasteiger partial charge in [-0.05, 0) is 51.8 Å². The number of allylic oxidation sites excluding steroid dienone is 2. The average molecular weight is 422 g/mol. The van der Waals surface area contributed by atoms with Crippen molar-refractivity contribution < 1.29 is 24.5 Å². The number of hydrogen-bond acceptors (Lipinski definition) is 6. The molecule has 0 saturated heterocycles. The molecule has 3 N–H and O–H groups in total. The summed E-state index contributed by atoms with van der Waals surface area (Å²) in [6.45, 7) is 7.24. The Bertz CT molecular complexity index is 1240. The zero-order valence-electron chi connectivity index (χ0n) is 18.0. The lowest BCUT2D eigenvalue weighted by molar-refractivity contribution is -0.0232. The minimum atomic E-state index is -1.11. The zero-order chi connectivity index (χ0) is 22.5. The van der Waals surface area contributed by atoms with Crippen LogP contribution in [0.4, 0.5) is 0 Å². The lowest BCUT2D eigenvalue weighted by Gasteiger charge is -2.24. The monoisotopic (exact) mass is 422 g/mol. The Morgan fingerprint density at radius 2 is 1.87 bits per heavy atom. The van der Waals surface area contributed by atoms with E-state index in [1.165, 1.54) is 18.4 Å². The molecule has 0 amide bonds. The molecule has 0 fully saturated rings. The number of benzene rings is 2. The molecule has 1 atom stereocenters. The van der Waals surface area contributed by atoms with Gasteiger partial charge in [-0.3, -0.25) is 4.79 Å². The van der Waals surface area contributed by atoms with Crippen molar-refractivity contribution in [2.45, 2.75) is 52.2 Å². The van der Waals surface area contributed by atoms with Crippen molar-refractivity contribution in [1.29, 1.82) is 0 Å². The summed E-state index contributed by atoms with van der Waals surface area (Å²) in [6.07, 6.45) is 3.53. The van der Waals surface area contributed by atoms with E-state index >= 15 is 0 Å². The Balaban J connectivity index is 1.99. The van der Waals surface area contributed by atoms with Gasteiger partial charge in [0, 0.05) is 17.5 Å². The highest BCUT2D eigenvalue weighted by Crippen LogP contribution is 2.46. The van der Waals surface area contributed by atoms with Crippen LogP contribution < -0.4 is 10.2 Å². The number of hydrogen-bond donors (Lipinski definition) is 3. The molecule has 0 bridgehead atoms. The maximum absolute atomic E-state index is 13.4. The second kappa shape index (κ2) is 7.46. The van der Waals surface area contributed by atoms with Gasteiger partial charge in [-0.25, -0.2) is 0 Å². The van der Waals surface area contributed by atoms with Crippen LogP contribution in [0.1, 0.15) is 38.8 Å². The van der Waals surface area contributed by atoms with Crippen molar-refractivity contribution in [3.8, 4) is 28.4 Å². The predicted molar refractivity (Wildman–Crippen MR) is 119 cm³/mol. The van der Waals surface area contributed by atoms with Crippen molar-refractivity contribution in [3.05, 3.63) is 63.5 Å². The first-order valence-electron chi connectivity index (χ1n) is 10.2. The van der Waals surface area contributed by atoms with Crippen LogP contribution in [0.2, 0.25) is 0 Å². The molecule has 6 nitrogen and oxygen atoms in total. The molecule has 1 aliphatic rings. The highest BCUT2D eigenvalue weighted by Gasteiger charge is 2.39. The summed E-state index contributed by atoms with van der Waals surface area (Å²) in [5.41, 5.74) is 1.90. The second-order valence-electron chi connectivity index (χ2n) is 8.81. The maximum atomic E-state index is 13.4. The number of aliphatic hydroxyl groups is 1. The molecule has 0 radical (unpaired) electrons. The second-order valence-corrected chi connectivity index (χ2v) is 8.81. The Morgan fingerprint density at radius 1 is 1.19 bits per heavy atom. The van der Waals surface area contributed by atoms with Crippen LogP contribution in [0.3, 0.4) is 0 Å². The van der Waals surface area contributed by atoms with Crippen molar-refractivity contribution in [1.82, 2.24) is 0 Å². The van der Waals surface area contributed by atoms with E-state index in [9.17, 15) is 20.1 Å². The van der Waals surface area contributed by atoms with Crippen LogP contribution in [0, 0.1) is 0 Å². The van der Waals surface area contributed by atoms with E-state index in [0.717, 1.165) is 5.57 Å². The van der Waals surface area contributed by atoms with E-state index in [1.54, 1.807) is 26.0 Å². The molecule has 3 aromatic rings. The van der Waals surface area contributed by atoms with E-state index in [0.29, 0.717) is 35.3 Å². The van der Waals surface area contributed by atoms with Gasteiger partial charge >= 0.3 is 0 Å². The Kier molecular flexibility index (Phi) is 5.06. The number of fused-ring (bicyclic) bond motifs is 3. The first kappa shape index (κ1) is 21.0. The summed E-state index contributed by atoms with van der Waals surface area (Å²) in [7, 11) is 0. The lowest BCUT2D eigenvalue weighted by Crippen LogP contribution is -2.39. The zero-order valence-corrected chi connectivity index (χ0v) is 18.0. The fraction of sp³-hybridized carbons (Fsp3) is 0.320. The van der Waals surface area contributed by atoms with Gasteiger partial charge in [0.25, 0.3) is 0 Å². The molecule has 0 spiro atoms. The normalized spacial score (nSPS) is 15.6. The topological polar surface area (TPSA) is 100 Å². The third-order valence-electron chi connectivity index (χ3n) is 5.67. The van der Waals surface area contributed by atoms with Crippen molar-refractivity contribution in [3.63, 3.8) is 0 Å². The van der Waals surface area contributed by atoms with Gasteiger partial charge in [0.05, 0.1) is 11.2 Å². The van der Waals surface area contributed by atoms with Crippen LogP contribution in [0.25, 0.3) is 22.1 Å². The molecule has 1 aromatic heterocycles. The first-order valence-corrected chi connectivity index (χ1v) is 10.2. The molecule has 31 heavy (non-hydrogen) atoms. The Morgan fingerprint density at radius 3 is 2.48 bits per heavy atom. The third kappa shape index (κ3) is 3.68. The van der Waals surface area contributed by atoms with Crippen molar-refractivity contribution >= 4 is 11.0 Å². The number of aromatic hydroxyl groups is 2. The van der Waals surface area contributed by atoms with E-state index in [2.05, 4.69) is 0 Å². The molecule has 0 aliphatic carbocycles. The molecule has 0 saturated carbocycles. The highest BCUT2D eigenvalue weighted by molar-refractivity contribution is 5.93. The Hall–Kier alpha value is -3.25. The maximum Gasteiger partial charge on any atom is 0.204 e. The number of rotatable bonds is 4. The molecule has 1 aliphatic heterocycles. The molecular weight excluding hydrogens is 396 g/mol. The van der Waals surface area contributed by atoms with Gasteiger partial charge < -0.3 is 24.5 Å². The van der Waals surface area contributed by atoms with Crippen LogP contribution in [0.5, 0.6) is 17.2 Å². The molecule has 2 heterocycles. The summed E-state index contributed by atoms with van der Waals surface area (Å²) in [4.78, 5) is 13.4. The van der Waals surface area contributed by atoms with Gasteiger partial charge in [0.2, 0.25) is 5.43 Å². The highest BCUT2D eigenvalue weighted by atomic mass is 16.5. The van der Waals surface area contributed by atoms with Crippen LogP contribution >= 0.6 is 0 Å². The largest absolute Gasteiger partial charge is 0.508 e. The van der Waals surface area contributed by atoms with Gasteiger partial charge in [0.1, 0.15) is 40.6 Å². The standard InChI is InChI=1S/C25H26O6/c1-13(2)5-10-16-21(27)20-22(28)18(14-6-8-15(26)9-7-14)12-30-24(20)17-11-19(25(3,4)29)31-23(16)17/h5-9,12,19,26-27,29H,10-11H2,1-4H3/t19-/m0/s1. The summed E-state index contributed by atoms with van der Waals surface area (Å²) >= 11 is 0. The molecule has 162 valence electrons. The number of ether oxygens (including phenoxy) is 1. The molecule has 0 unspecified atom stereocenters. The molecule has 6 heteroatoms. The first-order chi connectivity index (χ1) is 14.6. The van der Waals surface area contributed by atoms with Gasteiger partial charge in [-0.1, -0.05) is 23.8 Å². The smallest absolute Gasteiger partial charge is 0.204 e. The predicted octanol–water partition coefficient (Wildman–Crippen LogP) is 4.45. The van der Waals surface area contributed by atoms with E-state index in [4.69, 9.17) is 9.15 Å². The molecule has 2 aromatic carbocycles. The lowest BCUT2D eigenvalue weighted by atomic mass is 9.93. The molecule has 4 rings (SSSR count). The van der Waals surface area contributed by atoms with Crippen LogP contribution in [0.15, 0.2) is 51.4 Å². The number of phenolic OH excluding ortho intramolecular Hbond substituents is 2. The minimum Gasteiger partial charge on any atom is -0.508 e. The van der Waals surface area contributed by atoms with Crippen molar-refractivity contribution in [2.24, 2.45) is 0 Å². The van der Waals surface area contributed by atoms with Crippen LogP contribution in [-0.2, 0) is 12.8 Å². The van der Waals surface area contributed by atoms with Gasteiger partial charge in [-0.2, -0.15) is 0 Å². The van der Waals surface area contributed by atoms with Gasteiger partial charge in [0.15, 0.2) is 0 Å². The summed E-state index contributed by atoms with van der Waals surface area (Å²) in [5.74, 6) is 0.389. The van der Waals surface area contributed by atoms with Crippen molar-refractivity contribution in [2.75, 3.05) is 0 Å². The fourth-order valence-electron chi connectivity index (χ4n) is 3.88. The third-order valence-corrected chi connectivity index (χ3v) is 5.67. The minimum absolute atomic E-state index is 0.0911. The Labute approximate surface area is 180 Å². The van der Waals surface area contributed by atoms with Gasteiger partial charge in [-0.15, -0.1) is 0 Å². The summed E-state index contributed by atoms with van der Waals surface area (Å²) in [5, 5.41) is 31.3. The summed E-state index contributed by atoms with van der Waals surface area (Å²) < 4.78 is 11.9. The molecular formula is C25H26O6. The fourth-order valence-corrected chi connectivity index (χ4v) is 3.88. The van der Waals surface area contributed by atoms with E-state index < -0.39 is 11.7 Å². The average Bonchev–Trinajstić information content (AvgIpc) is 3.14. The summed E-state index contributed by atoms with van der Waals surface area (Å²) in [6, 6.07) is 6.22. The van der Waals surface area contributed by atoms with E-state index in [-0.39, 0.29) is 33.5 Å². The number of phenols is 2.